The fourth-order valence-corrected chi connectivity index (χ4v) is 7.14. The Hall–Kier alpha value is -2.02. The fourth-order valence-electron chi connectivity index (χ4n) is 7.14. The first-order chi connectivity index (χ1) is 15.6. The maximum Gasteiger partial charge on any atom is 0.0502 e. The summed E-state index contributed by atoms with van der Waals surface area (Å²) in [7, 11) is 0. The molecule has 33 heavy (non-hydrogen) atoms. The van der Waals surface area contributed by atoms with Crippen LogP contribution >= 0.6 is 0 Å². The molecule has 1 aromatic carbocycles. The maximum absolute atomic E-state index is 4.73. The number of hydrogen-bond acceptors (Lipinski definition) is 1. The largest absolute Gasteiger partial charge is 0.382 e. The summed E-state index contributed by atoms with van der Waals surface area (Å²) in [6.07, 6.45) is 8.84. The highest BCUT2D eigenvalue weighted by Gasteiger charge is 2.60. The fraction of sp³-hybridized carbons (Fsp3) is 0.562. The van der Waals surface area contributed by atoms with Crippen LogP contribution in [0.25, 0.3) is 0 Å². The quantitative estimate of drug-likeness (QED) is 0.301. The Morgan fingerprint density at radius 1 is 1.12 bits per heavy atom. The molecule has 3 rings (SSSR count). The Morgan fingerprint density at radius 2 is 1.73 bits per heavy atom. The minimum absolute atomic E-state index is 0.268. The first-order valence-electron chi connectivity index (χ1n) is 13.0. The highest BCUT2D eigenvalue weighted by Crippen LogP contribution is 2.66. The summed E-state index contributed by atoms with van der Waals surface area (Å²) >= 11 is 0. The summed E-state index contributed by atoms with van der Waals surface area (Å²) in [6, 6.07) is 9.20. The first kappa shape index (κ1) is 25.6. The number of fused-ring (bicyclic) bond motifs is 1. The molecule has 1 heteroatoms. The van der Waals surface area contributed by atoms with E-state index < -0.39 is 0 Å². The van der Waals surface area contributed by atoms with Crippen molar-refractivity contribution in [2.24, 2.45) is 35.0 Å². The van der Waals surface area contributed by atoms with E-state index in [1.54, 1.807) is 0 Å². The second-order valence-electron chi connectivity index (χ2n) is 11.5. The van der Waals surface area contributed by atoms with Crippen LogP contribution in [0.5, 0.6) is 0 Å². The first-order valence-corrected chi connectivity index (χ1v) is 13.0. The zero-order chi connectivity index (χ0) is 24.3. The standard InChI is InChI=1S/C32H47N/c1-10-12-17-27(21(3)4)28(30-29(11-2)32(30,8)9)18-23(7)31(33-22(5)6)26-19-24-15-13-14-16-25(24)20-26/h10,13-16,26-31,33H,1,3,5,7,11-12,17-20H2,2,4,6,8-9H3. The second kappa shape index (κ2) is 10.5. The van der Waals surface area contributed by atoms with Gasteiger partial charge < -0.3 is 5.32 Å². The van der Waals surface area contributed by atoms with Crippen LogP contribution in [0.4, 0.5) is 0 Å². The van der Waals surface area contributed by atoms with Gasteiger partial charge in [-0.2, -0.15) is 0 Å². The Bertz CT molecular complexity index is 863. The Balaban J connectivity index is 1.86. The van der Waals surface area contributed by atoms with E-state index in [1.807, 2.05) is 0 Å². The zero-order valence-corrected chi connectivity index (χ0v) is 21.9. The van der Waals surface area contributed by atoms with Crippen molar-refractivity contribution in [3.05, 3.63) is 84.6 Å². The summed E-state index contributed by atoms with van der Waals surface area (Å²) in [5.74, 6) is 3.18. The molecule has 5 unspecified atom stereocenters. The van der Waals surface area contributed by atoms with Gasteiger partial charge in [0.15, 0.2) is 0 Å². The summed E-state index contributed by atoms with van der Waals surface area (Å²) in [5.41, 5.74) is 7.12. The third-order valence-electron chi connectivity index (χ3n) is 8.77. The van der Waals surface area contributed by atoms with Crippen LogP contribution in [0.1, 0.15) is 71.4 Å². The van der Waals surface area contributed by atoms with Gasteiger partial charge in [0.25, 0.3) is 0 Å². The molecule has 1 fully saturated rings. The molecule has 2 aliphatic rings. The minimum Gasteiger partial charge on any atom is -0.382 e. The molecule has 0 bridgehead atoms. The predicted octanol–water partition coefficient (Wildman–Crippen LogP) is 8.30. The van der Waals surface area contributed by atoms with Crippen molar-refractivity contribution >= 4 is 0 Å². The van der Waals surface area contributed by atoms with E-state index in [1.165, 1.54) is 28.7 Å². The lowest BCUT2D eigenvalue weighted by atomic mass is 9.73. The molecule has 2 aliphatic carbocycles. The molecule has 1 N–H and O–H groups in total. The number of hydrogen-bond donors (Lipinski definition) is 1. The SMILES string of the molecule is C=CCCC(C(=C)C)C(CC(=C)C(NC(=C)C)C1Cc2ccccc2C1)C1C(CC)C1(C)C. The molecule has 5 atom stereocenters. The summed E-state index contributed by atoms with van der Waals surface area (Å²) in [4.78, 5) is 0. The second-order valence-corrected chi connectivity index (χ2v) is 11.5. The molecule has 1 nitrogen and oxygen atoms in total. The van der Waals surface area contributed by atoms with Crippen LogP contribution in [0.3, 0.4) is 0 Å². The normalized spacial score (nSPS) is 23.8. The van der Waals surface area contributed by atoms with Gasteiger partial charge in [-0.1, -0.05) is 88.4 Å². The number of benzene rings is 1. The number of rotatable bonds is 13. The Morgan fingerprint density at radius 3 is 2.18 bits per heavy atom. The predicted molar refractivity (Wildman–Crippen MR) is 145 cm³/mol. The minimum atomic E-state index is 0.268. The van der Waals surface area contributed by atoms with Gasteiger partial charge in [0, 0.05) is 5.70 Å². The topological polar surface area (TPSA) is 12.0 Å². The lowest BCUT2D eigenvalue weighted by molar-refractivity contribution is 0.270. The van der Waals surface area contributed by atoms with Crippen molar-refractivity contribution in [1.82, 2.24) is 5.32 Å². The zero-order valence-electron chi connectivity index (χ0n) is 21.9. The number of allylic oxidation sites excluding steroid dienone is 3. The van der Waals surface area contributed by atoms with E-state index in [0.717, 1.165) is 49.6 Å². The van der Waals surface area contributed by atoms with Gasteiger partial charge in [0.1, 0.15) is 0 Å². The highest BCUT2D eigenvalue weighted by atomic mass is 14.9. The molecule has 1 aromatic rings. The van der Waals surface area contributed by atoms with Crippen LogP contribution in [0.15, 0.2) is 73.5 Å². The Kier molecular flexibility index (Phi) is 8.14. The lowest BCUT2D eigenvalue weighted by Gasteiger charge is -2.34. The van der Waals surface area contributed by atoms with E-state index in [2.05, 4.69) is 90.0 Å². The molecule has 0 radical (unpaired) electrons. The van der Waals surface area contributed by atoms with E-state index in [0.29, 0.717) is 23.2 Å². The van der Waals surface area contributed by atoms with Gasteiger partial charge in [-0.05, 0) is 92.1 Å². The van der Waals surface area contributed by atoms with Crippen molar-refractivity contribution in [2.75, 3.05) is 0 Å². The molecule has 0 spiro atoms. The molecule has 180 valence electrons. The highest BCUT2D eigenvalue weighted by molar-refractivity contribution is 5.34. The lowest BCUT2D eigenvalue weighted by Crippen LogP contribution is -2.38. The third-order valence-corrected chi connectivity index (χ3v) is 8.77. The molecule has 0 aliphatic heterocycles. The summed E-state index contributed by atoms with van der Waals surface area (Å²) in [5, 5.41) is 3.75. The van der Waals surface area contributed by atoms with Crippen molar-refractivity contribution in [2.45, 2.75) is 79.2 Å². The van der Waals surface area contributed by atoms with Gasteiger partial charge in [0.05, 0.1) is 6.04 Å². The summed E-state index contributed by atoms with van der Waals surface area (Å²) < 4.78 is 0. The van der Waals surface area contributed by atoms with Crippen LogP contribution in [0.2, 0.25) is 0 Å². The third kappa shape index (κ3) is 5.56. The Labute approximate surface area is 204 Å². The molecule has 0 aromatic heterocycles. The van der Waals surface area contributed by atoms with Crippen molar-refractivity contribution in [3.8, 4) is 0 Å². The summed E-state index contributed by atoms with van der Waals surface area (Å²) in [6.45, 7) is 29.0. The molecule has 0 saturated heterocycles. The van der Waals surface area contributed by atoms with E-state index in [-0.39, 0.29) is 6.04 Å². The van der Waals surface area contributed by atoms with Gasteiger partial charge in [-0.15, -0.1) is 6.58 Å². The van der Waals surface area contributed by atoms with Gasteiger partial charge in [-0.3, -0.25) is 0 Å². The maximum atomic E-state index is 4.73. The van der Waals surface area contributed by atoms with E-state index >= 15 is 0 Å². The van der Waals surface area contributed by atoms with Gasteiger partial charge >= 0.3 is 0 Å². The smallest absolute Gasteiger partial charge is 0.0502 e. The van der Waals surface area contributed by atoms with Crippen LogP contribution in [-0.2, 0) is 12.8 Å². The average molecular weight is 446 g/mol. The van der Waals surface area contributed by atoms with Crippen molar-refractivity contribution in [1.29, 1.82) is 0 Å². The molecule has 0 amide bonds. The van der Waals surface area contributed by atoms with E-state index in [4.69, 9.17) is 6.58 Å². The molecule has 1 saturated carbocycles. The molecular formula is C32H47N. The van der Waals surface area contributed by atoms with Crippen LogP contribution < -0.4 is 5.32 Å². The van der Waals surface area contributed by atoms with Gasteiger partial charge in [-0.25, -0.2) is 0 Å². The van der Waals surface area contributed by atoms with Crippen molar-refractivity contribution in [3.63, 3.8) is 0 Å². The molecular weight excluding hydrogens is 398 g/mol. The van der Waals surface area contributed by atoms with Crippen LogP contribution in [-0.4, -0.2) is 6.04 Å². The van der Waals surface area contributed by atoms with E-state index in [9.17, 15) is 0 Å². The van der Waals surface area contributed by atoms with Gasteiger partial charge in [0.2, 0.25) is 0 Å². The monoisotopic (exact) mass is 445 g/mol. The van der Waals surface area contributed by atoms with Crippen LogP contribution in [0, 0.1) is 35.0 Å². The molecule has 0 heterocycles. The number of nitrogens with one attached hydrogen (secondary N) is 1. The van der Waals surface area contributed by atoms with Crippen molar-refractivity contribution < 1.29 is 0 Å². The average Bonchev–Trinajstić information content (AvgIpc) is 3.08.